The molecular weight excluding hydrogens is 332 g/mol. The van der Waals surface area contributed by atoms with E-state index in [1.54, 1.807) is 11.0 Å². The largest absolute Gasteiger partial charge is 0.383 e. The first-order chi connectivity index (χ1) is 12.7. The number of para-hydroxylation sites is 1. The highest BCUT2D eigenvalue weighted by Gasteiger charge is 2.36. The van der Waals surface area contributed by atoms with E-state index >= 15 is 0 Å². The van der Waals surface area contributed by atoms with Crippen LogP contribution in [0, 0.1) is 0 Å². The average molecular weight is 350 g/mol. The van der Waals surface area contributed by atoms with Crippen LogP contribution in [0.5, 0.6) is 0 Å². The molecule has 8 nitrogen and oxygen atoms in total. The van der Waals surface area contributed by atoms with Gasteiger partial charge in [-0.05, 0) is 31.0 Å². The van der Waals surface area contributed by atoms with Crippen LogP contribution in [0.4, 0.5) is 5.82 Å². The molecule has 1 aliphatic heterocycles. The summed E-state index contributed by atoms with van der Waals surface area (Å²) < 4.78 is 1.53. The summed E-state index contributed by atoms with van der Waals surface area (Å²) >= 11 is 0. The number of carbonyl (C=O) groups excluding carboxylic acids is 2. The van der Waals surface area contributed by atoms with Crippen LogP contribution in [0.1, 0.15) is 33.7 Å². The number of nitrogens with one attached hydrogen (secondary N) is 1. The van der Waals surface area contributed by atoms with Gasteiger partial charge < -0.3 is 10.6 Å². The molecule has 0 radical (unpaired) electrons. The fraction of sp³-hybridized carbons (Fsp3) is 0.222. The summed E-state index contributed by atoms with van der Waals surface area (Å²) in [5.41, 5.74) is 7.67. The SMILES string of the molecule is Nc1c(C(=O)[C@@H]2CCCN2C(=O)c2ccn[nH]2)cnn1-c1ccccc1. The molecule has 0 spiro atoms. The number of H-pyrrole nitrogens is 1. The van der Waals surface area contributed by atoms with Crippen molar-refractivity contribution < 1.29 is 9.59 Å². The predicted octanol–water partition coefficient (Wildman–Crippen LogP) is 1.67. The Bertz CT molecular complexity index is 932. The number of rotatable bonds is 4. The number of benzene rings is 1. The topological polar surface area (TPSA) is 110 Å². The molecule has 8 heteroatoms. The Labute approximate surface area is 149 Å². The second kappa shape index (κ2) is 6.47. The van der Waals surface area contributed by atoms with Crippen molar-refractivity contribution in [3.63, 3.8) is 0 Å². The smallest absolute Gasteiger partial charge is 0.272 e. The second-order valence-corrected chi connectivity index (χ2v) is 6.18. The van der Waals surface area contributed by atoms with E-state index in [0.717, 1.165) is 12.1 Å². The standard InChI is InChI=1S/C18H18N6O2/c19-17-13(11-21-24(17)12-5-2-1-3-6-12)16(25)15-7-4-10-23(15)18(26)14-8-9-20-22-14/h1-3,5-6,8-9,11,15H,4,7,10,19H2,(H,20,22)/t15-/m0/s1. The van der Waals surface area contributed by atoms with Crippen molar-refractivity contribution in [1.29, 1.82) is 0 Å². The number of nitrogens with zero attached hydrogens (tertiary/aromatic N) is 4. The number of anilines is 1. The van der Waals surface area contributed by atoms with Crippen LogP contribution >= 0.6 is 0 Å². The first kappa shape index (κ1) is 16.1. The maximum atomic E-state index is 13.0. The zero-order valence-electron chi connectivity index (χ0n) is 14.0. The van der Waals surface area contributed by atoms with Crippen LogP contribution < -0.4 is 5.73 Å². The molecule has 132 valence electrons. The average Bonchev–Trinajstić information content (AvgIpc) is 3.42. The van der Waals surface area contributed by atoms with E-state index in [4.69, 9.17) is 5.73 Å². The Hall–Kier alpha value is -3.42. The molecule has 0 aliphatic carbocycles. The van der Waals surface area contributed by atoms with E-state index < -0.39 is 6.04 Å². The maximum Gasteiger partial charge on any atom is 0.272 e. The van der Waals surface area contributed by atoms with Gasteiger partial charge in [-0.15, -0.1) is 0 Å². The lowest BCUT2D eigenvalue weighted by Gasteiger charge is -2.22. The lowest BCUT2D eigenvalue weighted by atomic mass is 10.0. The van der Waals surface area contributed by atoms with Gasteiger partial charge >= 0.3 is 0 Å². The highest BCUT2D eigenvalue weighted by atomic mass is 16.2. The molecule has 3 aromatic rings. The van der Waals surface area contributed by atoms with E-state index in [9.17, 15) is 9.59 Å². The predicted molar refractivity (Wildman–Crippen MR) is 95.0 cm³/mol. The van der Waals surface area contributed by atoms with Crippen molar-refractivity contribution in [2.24, 2.45) is 0 Å². The second-order valence-electron chi connectivity index (χ2n) is 6.18. The summed E-state index contributed by atoms with van der Waals surface area (Å²) in [4.78, 5) is 27.2. The monoisotopic (exact) mass is 350 g/mol. The summed E-state index contributed by atoms with van der Waals surface area (Å²) in [5, 5.41) is 10.7. The zero-order chi connectivity index (χ0) is 18.1. The number of hydrogen-bond donors (Lipinski definition) is 2. The highest BCUT2D eigenvalue weighted by Crippen LogP contribution is 2.26. The Morgan fingerprint density at radius 2 is 2.00 bits per heavy atom. The number of nitrogen functional groups attached to an aromatic ring is 1. The maximum absolute atomic E-state index is 13.0. The van der Waals surface area contributed by atoms with Gasteiger partial charge in [-0.25, -0.2) is 4.68 Å². The molecule has 1 saturated heterocycles. The molecule has 4 rings (SSSR count). The van der Waals surface area contributed by atoms with Crippen molar-refractivity contribution in [3.05, 3.63) is 60.0 Å². The third-order valence-electron chi connectivity index (χ3n) is 4.62. The Kier molecular flexibility index (Phi) is 4.00. The third kappa shape index (κ3) is 2.65. The molecule has 0 unspecified atom stereocenters. The summed E-state index contributed by atoms with van der Waals surface area (Å²) in [6.45, 7) is 0.529. The van der Waals surface area contributed by atoms with Crippen molar-refractivity contribution in [1.82, 2.24) is 24.9 Å². The lowest BCUT2D eigenvalue weighted by Crippen LogP contribution is -2.40. The fourth-order valence-corrected chi connectivity index (χ4v) is 3.31. The minimum Gasteiger partial charge on any atom is -0.383 e. The van der Waals surface area contributed by atoms with Gasteiger partial charge in [0, 0.05) is 12.7 Å². The van der Waals surface area contributed by atoms with Gasteiger partial charge in [0.05, 0.1) is 23.5 Å². The van der Waals surface area contributed by atoms with Crippen LogP contribution in [0.25, 0.3) is 5.69 Å². The zero-order valence-corrected chi connectivity index (χ0v) is 14.0. The molecule has 3 heterocycles. The molecule has 1 amide bonds. The number of nitrogens with two attached hydrogens (primary N) is 1. The number of carbonyl (C=O) groups is 2. The van der Waals surface area contributed by atoms with E-state index in [-0.39, 0.29) is 17.5 Å². The normalized spacial score (nSPS) is 16.8. The number of likely N-dealkylation sites (tertiary alicyclic amines) is 1. The lowest BCUT2D eigenvalue weighted by molar-refractivity contribution is 0.0667. The number of aromatic amines is 1. The molecule has 1 fully saturated rings. The Balaban J connectivity index is 1.61. The van der Waals surface area contributed by atoms with E-state index in [0.29, 0.717) is 24.2 Å². The fourth-order valence-electron chi connectivity index (χ4n) is 3.31. The first-order valence-electron chi connectivity index (χ1n) is 8.40. The van der Waals surface area contributed by atoms with Crippen molar-refractivity contribution >= 4 is 17.5 Å². The third-order valence-corrected chi connectivity index (χ3v) is 4.62. The molecule has 3 N–H and O–H groups in total. The van der Waals surface area contributed by atoms with E-state index in [1.165, 1.54) is 17.1 Å². The summed E-state index contributed by atoms with van der Waals surface area (Å²) in [5.74, 6) is -0.135. The van der Waals surface area contributed by atoms with Crippen LogP contribution in [0.2, 0.25) is 0 Å². The van der Waals surface area contributed by atoms with Gasteiger partial charge in [-0.2, -0.15) is 10.2 Å². The van der Waals surface area contributed by atoms with Gasteiger partial charge in [0.25, 0.3) is 5.91 Å². The van der Waals surface area contributed by atoms with Gasteiger partial charge in [0.2, 0.25) is 0 Å². The quantitative estimate of drug-likeness (QED) is 0.696. The molecule has 1 atom stereocenters. The van der Waals surface area contributed by atoms with E-state index in [2.05, 4.69) is 15.3 Å². The summed E-state index contributed by atoms with van der Waals surface area (Å²) in [7, 11) is 0. The van der Waals surface area contributed by atoms with Crippen LogP contribution in [0.3, 0.4) is 0 Å². The number of amides is 1. The molecule has 1 aliphatic rings. The van der Waals surface area contributed by atoms with Crippen LogP contribution in [0.15, 0.2) is 48.8 Å². The number of Topliss-reactive ketones (excluding diaryl/α,β-unsaturated/α-hetero) is 1. The summed E-state index contributed by atoms with van der Waals surface area (Å²) in [6, 6.07) is 10.4. The first-order valence-corrected chi connectivity index (χ1v) is 8.40. The van der Waals surface area contributed by atoms with Gasteiger partial charge in [0.15, 0.2) is 5.78 Å². The summed E-state index contributed by atoms with van der Waals surface area (Å²) in [6.07, 6.45) is 4.36. The molecule has 2 aromatic heterocycles. The van der Waals surface area contributed by atoms with Gasteiger partial charge in [-0.1, -0.05) is 18.2 Å². The van der Waals surface area contributed by atoms with Gasteiger partial charge in [-0.3, -0.25) is 14.7 Å². The minimum absolute atomic E-state index is 0.185. The highest BCUT2D eigenvalue weighted by molar-refractivity contribution is 6.06. The van der Waals surface area contributed by atoms with Gasteiger partial charge in [0.1, 0.15) is 11.5 Å². The van der Waals surface area contributed by atoms with Crippen molar-refractivity contribution in [2.75, 3.05) is 12.3 Å². The molecule has 26 heavy (non-hydrogen) atoms. The Morgan fingerprint density at radius 1 is 1.19 bits per heavy atom. The number of ketones is 1. The number of aromatic nitrogens is 4. The van der Waals surface area contributed by atoms with Crippen molar-refractivity contribution in [3.8, 4) is 5.69 Å². The molecule has 0 saturated carbocycles. The Morgan fingerprint density at radius 3 is 2.73 bits per heavy atom. The van der Waals surface area contributed by atoms with Crippen molar-refractivity contribution in [2.45, 2.75) is 18.9 Å². The molecular formula is C18H18N6O2. The van der Waals surface area contributed by atoms with E-state index in [1.807, 2.05) is 30.3 Å². The molecule has 1 aromatic carbocycles. The minimum atomic E-state index is -0.540. The van der Waals surface area contributed by atoms with Crippen LogP contribution in [-0.4, -0.2) is 49.2 Å². The molecule has 0 bridgehead atoms. The van der Waals surface area contributed by atoms with Crippen LogP contribution in [-0.2, 0) is 0 Å². The number of hydrogen-bond acceptors (Lipinski definition) is 5.